The molecule has 0 spiro atoms. The van der Waals surface area contributed by atoms with Gasteiger partial charge in [-0.2, -0.15) is 5.10 Å². The summed E-state index contributed by atoms with van der Waals surface area (Å²) in [5.41, 5.74) is 0.720. The Morgan fingerprint density at radius 2 is 2.06 bits per heavy atom. The lowest BCUT2D eigenvalue weighted by atomic mass is 10.1. The van der Waals surface area contributed by atoms with Gasteiger partial charge in [0.05, 0.1) is 11.4 Å². The predicted octanol–water partition coefficient (Wildman–Crippen LogP) is 1.95. The largest absolute Gasteiger partial charge is 0.292 e. The molecular weight excluding hydrogens is 250 g/mol. The normalized spacial score (nSPS) is 10.6. The fourth-order valence-corrected chi connectivity index (χ4v) is 2.51. The van der Waals surface area contributed by atoms with Gasteiger partial charge in [-0.1, -0.05) is 0 Å². The molecule has 5 nitrogen and oxygen atoms in total. The van der Waals surface area contributed by atoms with Crippen molar-refractivity contribution < 1.29 is 9.59 Å². The minimum atomic E-state index is -0.273. The zero-order chi connectivity index (χ0) is 13.3. The SMILES string of the molecule is Cc1nc(C(=O)CC(=O)c2ccn(C)n2)c(C)s1. The highest BCUT2D eigenvalue weighted by Gasteiger charge is 2.19. The summed E-state index contributed by atoms with van der Waals surface area (Å²) in [5.74, 6) is -0.516. The van der Waals surface area contributed by atoms with Crippen molar-refractivity contribution in [3.63, 3.8) is 0 Å². The van der Waals surface area contributed by atoms with Gasteiger partial charge in [0.1, 0.15) is 11.4 Å². The topological polar surface area (TPSA) is 64.8 Å². The van der Waals surface area contributed by atoms with E-state index in [2.05, 4.69) is 10.1 Å². The molecule has 2 rings (SSSR count). The number of hydrogen-bond acceptors (Lipinski definition) is 5. The van der Waals surface area contributed by atoms with E-state index in [1.165, 1.54) is 16.0 Å². The maximum Gasteiger partial charge on any atom is 0.190 e. The molecule has 0 N–H and O–H groups in total. The van der Waals surface area contributed by atoms with Crippen LogP contribution in [-0.4, -0.2) is 26.3 Å². The van der Waals surface area contributed by atoms with Crippen molar-refractivity contribution in [1.82, 2.24) is 14.8 Å². The van der Waals surface area contributed by atoms with Crippen molar-refractivity contribution in [3.05, 3.63) is 33.5 Å². The lowest BCUT2D eigenvalue weighted by Gasteiger charge is -1.96. The van der Waals surface area contributed by atoms with Crippen LogP contribution in [0.2, 0.25) is 0 Å². The van der Waals surface area contributed by atoms with Crippen LogP contribution in [0.15, 0.2) is 12.3 Å². The summed E-state index contributed by atoms with van der Waals surface area (Å²) in [5, 5.41) is 4.82. The van der Waals surface area contributed by atoms with E-state index >= 15 is 0 Å². The molecule has 94 valence electrons. The monoisotopic (exact) mass is 263 g/mol. The van der Waals surface area contributed by atoms with Crippen molar-refractivity contribution in [2.45, 2.75) is 20.3 Å². The van der Waals surface area contributed by atoms with E-state index in [1.54, 1.807) is 19.3 Å². The van der Waals surface area contributed by atoms with Crippen molar-refractivity contribution in [2.75, 3.05) is 0 Å². The highest BCUT2D eigenvalue weighted by Crippen LogP contribution is 2.18. The second-order valence-electron chi connectivity index (χ2n) is 4.04. The molecule has 18 heavy (non-hydrogen) atoms. The molecule has 0 saturated heterocycles. The third-order valence-corrected chi connectivity index (χ3v) is 3.37. The molecule has 0 radical (unpaired) electrons. The van der Waals surface area contributed by atoms with Crippen LogP contribution < -0.4 is 0 Å². The molecule has 0 aliphatic carbocycles. The summed E-state index contributed by atoms with van der Waals surface area (Å²) in [6, 6.07) is 1.61. The summed E-state index contributed by atoms with van der Waals surface area (Å²) >= 11 is 1.46. The maximum absolute atomic E-state index is 12.0. The van der Waals surface area contributed by atoms with Crippen LogP contribution in [0.5, 0.6) is 0 Å². The second kappa shape index (κ2) is 4.81. The number of hydrogen-bond donors (Lipinski definition) is 0. The Morgan fingerprint density at radius 1 is 1.33 bits per heavy atom. The Bertz CT molecular complexity index is 613. The first-order chi connectivity index (χ1) is 8.47. The molecule has 6 heteroatoms. The zero-order valence-corrected chi connectivity index (χ0v) is 11.2. The van der Waals surface area contributed by atoms with E-state index in [0.29, 0.717) is 11.4 Å². The van der Waals surface area contributed by atoms with E-state index in [1.807, 2.05) is 13.8 Å². The van der Waals surface area contributed by atoms with E-state index in [4.69, 9.17) is 0 Å². The molecule has 2 aromatic rings. The average Bonchev–Trinajstić information content (AvgIpc) is 2.84. The van der Waals surface area contributed by atoms with Crippen LogP contribution in [0, 0.1) is 13.8 Å². The lowest BCUT2D eigenvalue weighted by molar-refractivity contribution is 0.0888. The smallest absolute Gasteiger partial charge is 0.190 e. The fraction of sp³-hybridized carbons (Fsp3) is 0.333. The number of aryl methyl sites for hydroxylation is 3. The molecule has 0 fully saturated rings. The van der Waals surface area contributed by atoms with E-state index in [0.717, 1.165) is 9.88 Å². The Morgan fingerprint density at radius 3 is 2.56 bits per heavy atom. The van der Waals surface area contributed by atoms with Gasteiger partial charge < -0.3 is 0 Å². The number of Topliss-reactive ketones (excluding diaryl/α,β-unsaturated/α-hetero) is 2. The summed E-state index contributed by atoms with van der Waals surface area (Å²) in [7, 11) is 1.73. The number of carbonyl (C=O) groups is 2. The molecule has 0 aliphatic heterocycles. The van der Waals surface area contributed by atoms with Crippen molar-refractivity contribution in [2.24, 2.45) is 7.05 Å². The molecule has 0 unspecified atom stereocenters. The Hall–Kier alpha value is -1.82. The molecule has 0 aliphatic rings. The van der Waals surface area contributed by atoms with Crippen LogP contribution in [0.1, 0.15) is 37.3 Å². The summed E-state index contributed by atoms with van der Waals surface area (Å²) in [6.45, 7) is 3.68. The van der Waals surface area contributed by atoms with Crippen molar-refractivity contribution >= 4 is 22.9 Å². The third kappa shape index (κ3) is 2.53. The van der Waals surface area contributed by atoms with Gasteiger partial charge in [-0.25, -0.2) is 4.98 Å². The molecule has 0 aromatic carbocycles. The predicted molar refractivity (Wildman–Crippen MR) is 68.1 cm³/mol. The van der Waals surface area contributed by atoms with Gasteiger partial charge in [-0.15, -0.1) is 11.3 Å². The average molecular weight is 263 g/mol. The molecular formula is C12H13N3O2S. The molecule has 0 atom stereocenters. The van der Waals surface area contributed by atoms with Gasteiger partial charge in [-0.3, -0.25) is 14.3 Å². The van der Waals surface area contributed by atoms with Crippen LogP contribution in [-0.2, 0) is 7.05 Å². The second-order valence-corrected chi connectivity index (χ2v) is 5.44. The van der Waals surface area contributed by atoms with Crippen LogP contribution >= 0.6 is 11.3 Å². The molecule has 2 heterocycles. The van der Waals surface area contributed by atoms with Crippen molar-refractivity contribution in [3.8, 4) is 0 Å². The zero-order valence-electron chi connectivity index (χ0n) is 10.4. The molecule has 0 saturated carbocycles. The van der Waals surface area contributed by atoms with Gasteiger partial charge in [0, 0.05) is 18.1 Å². The first-order valence-corrected chi connectivity index (χ1v) is 6.29. The van der Waals surface area contributed by atoms with E-state index in [-0.39, 0.29) is 18.0 Å². The lowest BCUT2D eigenvalue weighted by Crippen LogP contribution is -2.11. The van der Waals surface area contributed by atoms with Crippen LogP contribution in [0.25, 0.3) is 0 Å². The number of carbonyl (C=O) groups excluding carboxylic acids is 2. The fourth-order valence-electron chi connectivity index (χ4n) is 1.67. The van der Waals surface area contributed by atoms with Gasteiger partial charge in [0.15, 0.2) is 11.6 Å². The minimum absolute atomic E-state index is 0.180. The number of thiazole rings is 1. The number of nitrogens with zero attached hydrogens (tertiary/aromatic N) is 3. The quantitative estimate of drug-likeness (QED) is 0.624. The van der Waals surface area contributed by atoms with Crippen LogP contribution in [0.3, 0.4) is 0 Å². The van der Waals surface area contributed by atoms with E-state index in [9.17, 15) is 9.59 Å². The number of aromatic nitrogens is 3. The van der Waals surface area contributed by atoms with Crippen LogP contribution in [0.4, 0.5) is 0 Å². The summed E-state index contributed by atoms with van der Waals surface area (Å²) in [4.78, 5) is 28.8. The molecule has 0 amide bonds. The number of rotatable bonds is 4. The summed E-state index contributed by atoms with van der Waals surface area (Å²) in [6.07, 6.45) is 1.50. The highest BCUT2D eigenvalue weighted by atomic mass is 32.1. The maximum atomic E-state index is 12.0. The third-order valence-electron chi connectivity index (χ3n) is 2.49. The Labute approximate surface area is 108 Å². The summed E-state index contributed by atoms with van der Waals surface area (Å²) < 4.78 is 1.54. The van der Waals surface area contributed by atoms with Crippen molar-refractivity contribution in [1.29, 1.82) is 0 Å². The molecule has 2 aromatic heterocycles. The first kappa shape index (κ1) is 12.6. The van der Waals surface area contributed by atoms with E-state index < -0.39 is 0 Å². The van der Waals surface area contributed by atoms with Gasteiger partial charge in [0.25, 0.3) is 0 Å². The van der Waals surface area contributed by atoms with Gasteiger partial charge >= 0.3 is 0 Å². The molecule has 0 bridgehead atoms. The standard InChI is InChI=1S/C12H13N3O2S/c1-7-12(13-8(2)18-7)11(17)6-10(16)9-4-5-15(3)14-9/h4-5H,6H2,1-3H3. The Balaban J connectivity index is 2.13. The highest BCUT2D eigenvalue weighted by molar-refractivity contribution is 7.11. The Kier molecular flexibility index (Phi) is 3.38. The minimum Gasteiger partial charge on any atom is -0.292 e. The van der Waals surface area contributed by atoms with Gasteiger partial charge in [-0.05, 0) is 19.9 Å². The first-order valence-electron chi connectivity index (χ1n) is 5.47. The number of ketones is 2. The van der Waals surface area contributed by atoms with Gasteiger partial charge in [0.2, 0.25) is 0 Å².